The molecule has 0 bridgehead atoms. The predicted molar refractivity (Wildman–Crippen MR) is 72.1 cm³/mol. The van der Waals surface area contributed by atoms with Crippen LogP contribution in [0.1, 0.15) is 43.4 Å². The maximum Gasteiger partial charge on any atom is 0.223 e. The van der Waals surface area contributed by atoms with Crippen molar-refractivity contribution in [1.29, 1.82) is 0 Å². The average Bonchev–Trinajstić information content (AvgIpc) is 2.96. The average molecular weight is 243 g/mol. The first-order valence-corrected chi connectivity index (χ1v) is 7.00. The Bertz CT molecular complexity index is 458. The van der Waals surface area contributed by atoms with Crippen LogP contribution in [0, 0.1) is 24.7 Å². The molecule has 0 saturated heterocycles. The van der Waals surface area contributed by atoms with Crippen molar-refractivity contribution in [3.05, 3.63) is 35.4 Å². The molecule has 0 radical (unpaired) electrons. The summed E-state index contributed by atoms with van der Waals surface area (Å²) in [7, 11) is 0. The fraction of sp³-hybridized carbons (Fsp3) is 0.562. The Kier molecular flexibility index (Phi) is 2.89. The van der Waals surface area contributed by atoms with Gasteiger partial charge in [-0.1, -0.05) is 29.8 Å². The molecule has 2 aliphatic carbocycles. The van der Waals surface area contributed by atoms with Gasteiger partial charge in [0.25, 0.3) is 0 Å². The van der Waals surface area contributed by atoms with E-state index in [9.17, 15) is 4.79 Å². The van der Waals surface area contributed by atoms with Crippen LogP contribution in [0.4, 0.5) is 0 Å². The molecule has 96 valence electrons. The molecule has 2 heteroatoms. The van der Waals surface area contributed by atoms with Crippen molar-refractivity contribution < 1.29 is 4.79 Å². The van der Waals surface area contributed by atoms with E-state index in [2.05, 4.69) is 43.4 Å². The molecule has 0 aromatic heterocycles. The van der Waals surface area contributed by atoms with Crippen LogP contribution in [0.5, 0.6) is 0 Å². The Morgan fingerprint density at radius 1 is 1.28 bits per heavy atom. The first-order valence-electron chi connectivity index (χ1n) is 7.00. The predicted octanol–water partition coefficient (Wildman–Crippen LogP) is 3.22. The Balaban J connectivity index is 1.60. The van der Waals surface area contributed by atoms with E-state index in [0.717, 1.165) is 24.7 Å². The highest BCUT2D eigenvalue weighted by atomic mass is 16.1. The molecular weight excluding hydrogens is 222 g/mol. The third-order valence-electron chi connectivity index (χ3n) is 4.52. The molecule has 3 rings (SSSR count). The maximum absolute atomic E-state index is 12.2. The number of carbonyl (C=O) groups is 1. The summed E-state index contributed by atoms with van der Waals surface area (Å²) in [6.45, 7) is 4.16. The summed E-state index contributed by atoms with van der Waals surface area (Å²) in [6.07, 6.45) is 3.62. The second-order valence-electron chi connectivity index (χ2n) is 6.07. The van der Waals surface area contributed by atoms with E-state index in [1.54, 1.807) is 0 Å². The zero-order valence-corrected chi connectivity index (χ0v) is 11.1. The van der Waals surface area contributed by atoms with Gasteiger partial charge in [-0.3, -0.25) is 4.79 Å². The Morgan fingerprint density at radius 2 is 2.00 bits per heavy atom. The van der Waals surface area contributed by atoms with Crippen LogP contribution in [-0.4, -0.2) is 5.91 Å². The third-order valence-corrected chi connectivity index (χ3v) is 4.52. The van der Waals surface area contributed by atoms with Crippen LogP contribution >= 0.6 is 0 Å². The minimum absolute atomic E-state index is 0.120. The smallest absolute Gasteiger partial charge is 0.223 e. The number of fused-ring (bicyclic) bond motifs is 1. The fourth-order valence-electron chi connectivity index (χ4n) is 3.28. The summed E-state index contributed by atoms with van der Waals surface area (Å²) < 4.78 is 0. The van der Waals surface area contributed by atoms with E-state index in [4.69, 9.17) is 0 Å². The largest absolute Gasteiger partial charge is 0.349 e. The first-order chi connectivity index (χ1) is 8.63. The molecule has 2 fully saturated rings. The van der Waals surface area contributed by atoms with E-state index in [0.29, 0.717) is 0 Å². The van der Waals surface area contributed by atoms with Crippen molar-refractivity contribution in [2.45, 2.75) is 39.2 Å². The highest BCUT2D eigenvalue weighted by Gasteiger charge is 2.48. The molecule has 2 nitrogen and oxygen atoms in total. The van der Waals surface area contributed by atoms with E-state index in [1.165, 1.54) is 17.5 Å². The van der Waals surface area contributed by atoms with Crippen molar-refractivity contribution in [3.63, 3.8) is 0 Å². The van der Waals surface area contributed by atoms with E-state index < -0.39 is 0 Å². The Morgan fingerprint density at radius 3 is 2.67 bits per heavy atom. The number of aryl methyl sites for hydroxylation is 1. The van der Waals surface area contributed by atoms with Crippen LogP contribution in [0.3, 0.4) is 0 Å². The molecule has 2 aliphatic rings. The lowest BCUT2D eigenvalue weighted by atomic mass is 10.0. The summed E-state index contributed by atoms with van der Waals surface area (Å²) >= 11 is 0. The maximum atomic E-state index is 12.2. The summed E-state index contributed by atoms with van der Waals surface area (Å²) in [4.78, 5) is 12.2. The van der Waals surface area contributed by atoms with Crippen LogP contribution < -0.4 is 5.32 Å². The molecule has 1 aromatic rings. The van der Waals surface area contributed by atoms with Gasteiger partial charge in [0.1, 0.15) is 0 Å². The number of nitrogens with one attached hydrogen (secondary N) is 1. The van der Waals surface area contributed by atoms with Gasteiger partial charge in [-0.2, -0.15) is 0 Å². The Hall–Kier alpha value is -1.31. The highest BCUT2D eigenvalue weighted by Crippen LogP contribution is 2.54. The lowest BCUT2D eigenvalue weighted by molar-refractivity contribution is -0.125. The SMILES string of the molecule is Cc1cccc([C@H](C)NC(=O)C2CC3CC3C2)c1. The number of benzene rings is 1. The van der Waals surface area contributed by atoms with Gasteiger partial charge >= 0.3 is 0 Å². The summed E-state index contributed by atoms with van der Waals surface area (Å²) in [5, 5.41) is 3.17. The third kappa shape index (κ3) is 2.29. The van der Waals surface area contributed by atoms with Gasteiger partial charge in [0.15, 0.2) is 0 Å². The van der Waals surface area contributed by atoms with Gasteiger partial charge in [0.05, 0.1) is 6.04 Å². The molecule has 3 atom stereocenters. The number of rotatable bonds is 3. The first kappa shape index (κ1) is 11.8. The van der Waals surface area contributed by atoms with Gasteiger partial charge in [-0.15, -0.1) is 0 Å². The quantitative estimate of drug-likeness (QED) is 0.867. The highest BCUT2D eigenvalue weighted by molar-refractivity contribution is 5.79. The van der Waals surface area contributed by atoms with Gasteiger partial charge in [0, 0.05) is 5.92 Å². The lowest BCUT2D eigenvalue weighted by Crippen LogP contribution is -2.32. The summed E-state index contributed by atoms with van der Waals surface area (Å²) in [6, 6.07) is 8.50. The standard InChI is InChI=1S/C16H21NO/c1-10-4-3-5-12(6-10)11(2)17-16(18)15-8-13-7-14(13)9-15/h3-6,11,13-15H,7-9H2,1-2H3,(H,17,18)/t11-,13?,14?,15?/m0/s1. The van der Waals surface area contributed by atoms with Crippen molar-refractivity contribution in [3.8, 4) is 0 Å². The lowest BCUT2D eigenvalue weighted by Gasteiger charge is -2.18. The Labute approximate surface area is 109 Å². The van der Waals surface area contributed by atoms with Gasteiger partial charge in [-0.25, -0.2) is 0 Å². The molecule has 0 heterocycles. The van der Waals surface area contributed by atoms with Gasteiger partial charge in [0.2, 0.25) is 5.91 Å². The van der Waals surface area contributed by atoms with Crippen molar-refractivity contribution in [1.82, 2.24) is 5.32 Å². The van der Waals surface area contributed by atoms with Crippen LogP contribution in [0.15, 0.2) is 24.3 Å². The molecule has 1 aromatic carbocycles. The zero-order valence-electron chi connectivity index (χ0n) is 11.1. The number of carbonyl (C=O) groups excluding carboxylic acids is 1. The van der Waals surface area contributed by atoms with Crippen LogP contribution in [0.25, 0.3) is 0 Å². The topological polar surface area (TPSA) is 29.1 Å². The van der Waals surface area contributed by atoms with Crippen LogP contribution in [-0.2, 0) is 4.79 Å². The second kappa shape index (κ2) is 4.42. The van der Waals surface area contributed by atoms with Gasteiger partial charge < -0.3 is 5.32 Å². The molecule has 2 saturated carbocycles. The zero-order chi connectivity index (χ0) is 12.7. The van der Waals surface area contributed by atoms with E-state index in [-0.39, 0.29) is 17.9 Å². The van der Waals surface area contributed by atoms with Crippen molar-refractivity contribution in [2.75, 3.05) is 0 Å². The number of amides is 1. The number of hydrogen-bond acceptors (Lipinski definition) is 1. The summed E-state index contributed by atoms with van der Waals surface area (Å²) in [5.41, 5.74) is 2.45. The molecule has 1 amide bonds. The van der Waals surface area contributed by atoms with Gasteiger partial charge in [-0.05, 0) is 50.5 Å². The molecule has 18 heavy (non-hydrogen) atoms. The summed E-state index contributed by atoms with van der Waals surface area (Å²) in [5.74, 6) is 2.28. The fourth-order valence-corrected chi connectivity index (χ4v) is 3.28. The van der Waals surface area contributed by atoms with E-state index >= 15 is 0 Å². The second-order valence-corrected chi connectivity index (χ2v) is 6.07. The molecule has 2 unspecified atom stereocenters. The molecular formula is C16H21NO. The van der Waals surface area contributed by atoms with Crippen LogP contribution in [0.2, 0.25) is 0 Å². The van der Waals surface area contributed by atoms with E-state index in [1.807, 2.05) is 0 Å². The molecule has 1 N–H and O–H groups in total. The minimum Gasteiger partial charge on any atom is -0.349 e. The monoisotopic (exact) mass is 243 g/mol. The van der Waals surface area contributed by atoms with Crippen molar-refractivity contribution >= 4 is 5.91 Å². The molecule has 0 aliphatic heterocycles. The number of hydrogen-bond donors (Lipinski definition) is 1. The molecule has 0 spiro atoms. The minimum atomic E-state index is 0.120. The van der Waals surface area contributed by atoms with Crippen molar-refractivity contribution in [2.24, 2.45) is 17.8 Å². The normalized spacial score (nSPS) is 30.7.